The molecule has 1 aliphatic heterocycles. The molecule has 2 amide bonds. The van der Waals surface area contributed by atoms with Gasteiger partial charge in [0.2, 0.25) is 5.91 Å². The van der Waals surface area contributed by atoms with Crippen LogP contribution in [0.5, 0.6) is 11.5 Å². The molecule has 0 saturated carbocycles. The summed E-state index contributed by atoms with van der Waals surface area (Å²) in [6.07, 6.45) is 3.46. The van der Waals surface area contributed by atoms with Crippen LogP contribution in [0.2, 0.25) is 0 Å². The summed E-state index contributed by atoms with van der Waals surface area (Å²) in [4.78, 5) is 28.2. The van der Waals surface area contributed by atoms with Crippen LogP contribution in [0.3, 0.4) is 0 Å². The fourth-order valence-corrected chi connectivity index (χ4v) is 4.63. The number of methoxy groups -OCH3 is 1. The van der Waals surface area contributed by atoms with Gasteiger partial charge in [0.05, 0.1) is 20.3 Å². The van der Waals surface area contributed by atoms with E-state index in [1.165, 1.54) is 0 Å². The third-order valence-corrected chi connectivity index (χ3v) is 6.61. The molecular formula is C31H37N3O4. The van der Waals surface area contributed by atoms with E-state index in [0.29, 0.717) is 50.5 Å². The quantitative estimate of drug-likeness (QED) is 0.489. The van der Waals surface area contributed by atoms with Crippen molar-refractivity contribution in [2.75, 3.05) is 33.4 Å². The number of carbonyl (C=O) groups is 2. The highest BCUT2D eigenvalue weighted by Crippen LogP contribution is 2.26. The van der Waals surface area contributed by atoms with Crippen LogP contribution in [0.15, 0.2) is 72.8 Å². The van der Waals surface area contributed by atoms with E-state index >= 15 is 0 Å². The molecule has 0 atom stereocenters. The molecule has 3 aromatic carbocycles. The molecular weight excluding hydrogens is 478 g/mol. The van der Waals surface area contributed by atoms with Gasteiger partial charge in [-0.25, -0.2) is 0 Å². The first-order chi connectivity index (χ1) is 18.6. The molecule has 0 bridgehead atoms. The van der Waals surface area contributed by atoms with Gasteiger partial charge in [-0.1, -0.05) is 48.5 Å². The molecule has 1 heterocycles. The van der Waals surface area contributed by atoms with E-state index < -0.39 is 0 Å². The average Bonchev–Trinajstić information content (AvgIpc) is 2.94. The van der Waals surface area contributed by atoms with Crippen LogP contribution in [0.1, 0.15) is 46.3 Å². The molecule has 7 heteroatoms. The number of benzene rings is 3. The highest BCUT2D eigenvalue weighted by Gasteiger charge is 2.21. The Morgan fingerprint density at radius 2 is 1.79 bits per heavy atom. The maximum atomic E-state index is 13.4. The molecule has 1 aliphatic rings. The van der Waals surface area contributed by atoms with E-state index in [1.807, 2.05) is 72.8 Å². The lowest BCUT2D eigenvalue weighted by Crippen LogP contribution is -2.37. The first-order valence-corrected chi connectivity index (χ1v) is 13.3. The molecule has 4 rings (SSSR count). The monoisotopic (exact) mass is 515 g/mol. The standard InChI is InChI=1S/C31H37N3O4/c1-37-26-13-8-12-24(20-26)16-18-33-31(36)27-14-9-15-29-28(27)22-34(21-25-10-4-2-5-11-25)23-30(35)32-17-6-3-7-19-38-29/h2,4-5,8-15,20H,3,6-7,16-19,21-23H2,1H3,(H,32,35)(H,33,36). The summed E-state index contributed by atoms with van der Waals surface area (Å²) in [5.74, 6) is 1.33. The van der Waals surface area contributed by atoms with Gasteiger partial charge in [0, 0.05) is 37.3 Å². The van der Waals surface area contributed by atoms with Gasteiger partial charge in [0.15, 0.2) is 0 Å². The fraction of sp³-hybridized carbons (Fsp3) is 0.355. The second-order valence-corrected chi connectivity index (χ2v) is 9.53. The molecule has 3 aromatic rings. The maximum absolute atomic E-state index is 13.4. The van der Waals surface area contributed by atoms with Crippen molar-refractivity contribution in [1.29, 1.82) is 0 Å². The Balaban J connectivity index is 1.55. The van der Waals surface area contributed by atoms with Crippen LogP contribution >= 0.6 is 0 Å². The third-order valence-electron chi connectivity index (χ3n) is 6.61. The zero-order valence-corrected chi connectivity index (χ0v) is 22.1. The van der Waals surface area contributed by atoms with E-state index in [9.17, 15) is 9.59 Å². The topological polar surface area (TPSA) is 79.9 Å². The summed E-state index contributed by atoms with van der Waals surface area (Å²) < 4.78 is 11.5. The SMILES string of the molecule is COc1cccc(CCNC(=O)c2cccc3c2CN(Cc2ccccc2)CC(=O)NCCCCCO3)c1. The Morgan fingerprint density at radius 3 is 2.63 bits per heavy atom. The normalized spacial score (nSPS) is 15.0. The molecule has 0 fully saturated rings. The molecule has 0 aliphatic carbocycles. The number of hydrogen-bond donors (Lipinski definition) is 2. The number of hydrogen-bond acceptors (Lipinski definition) is 5. The first-order valence-electron chi connectivity index (χ1n) is 13.3. The zero-order valence-electron chi connectivity index (χ0n) is 22.1. The lowest BCUT2D eigenvalue weighted by Gasteiger charge is -2.24. The van der Waals surface area contributed by atoms with Gasteiger partial charge in [0.1, 0.15) is 11.5 Å². The number of ether oxygens (including phenoxy) is 2. The zero-order chi connectivity index (χ0) is 26.6. The lowest BCUT2D eigenvalue weighted by molar-refractivity contribution is -0.122. The molecule has 200 valence electrons. The van der Waals surface area contributed by atoms with Gasteiger partial charge in [-0.15, -0.1) is 0 Å². The summed E-state index contributed by atoms with van der Waals surface area (Å²) in [5, 5.41) is 6.11. The van der Waals surface area contributed by atoms with E-state index in [0.717, 1.165) is 41.7 Å². The van der Waals surface area contributed by atoms with Crippen molar-refractivity contribution in [2.24, 2.45) is 0 Å². The summed E-state index contributed by atoms with van der Waals surface area (Å²) in [7, 11) is 1.65. The molecule has 0 aromatic heterocycles. The smallest absolute Gasteiger partial charge is 0.251 e. The minimum atomic E-state index is -0.151. The average molecular weight is 516 g/mol. The molecule has 7 nitrogen and oxygen atoms in total. The van der Waals surface area contributed by atoms with Crippen LogP contribution in [-0.4, -0.2) is 50.1 Å². The van der Waals surface area contributed by atoms with Gasteiger partial charge in [0.25, 0.3) is 5.91 Å². The predicted molar refractivity (Wildman–Crippen MR) is 148 cm³/mol. The van der Waals surface area contributed by atoms with Gasteiger partial charge in [-0.2, -0.15) is 0 Å². The second-order valence-electron chi connectivity index (χ2n) is 9.53. The van der Waals surface area contributed by atoms with Gasteiger partial charge >= 0.3 is 0 Å². The van der Waals surface area contributed by atoms with Crippen molar-refractivity contribution in [3.63, 3.8) is 0 Å². The molecule has 0 unspecified atom stereocenters. The summed E-state index contributed by atoms with van der Waals surface area (Å²) >= 11 is 0. The summed E-state index contributed by atoms with van der Waals surface area (Å²) in [6.45, 7) is 2.95. The number of nitrogens with zero attached hydrogens (tertiary/aromatic N) is 1. The molecule has 0 spiro atoms. The fourth-order valence-electron chi connectivity index (χ4n) is 4.63. The van der Waals surface area contributed by atoms with E-state index in [-0.39, 0.29) is 18.4 Å². The van der Waals surface area contributed by atoms with Crippen LogP contribution in [0.4, 0.5) is 0 Å². The Bertz CT molecular complexity index is 1200. The lowest BCUT2D eigenvalue weighted by atomic mass is 10.0. The van der Waals surface area contributed by atoms with E-state index in [1.54, 1.807) is 7.11 Å². The Morgan fingerprint density at radius 1 is 0.974 bits per heavy atom. The largest absolute Gasteiger partial charge is 0.497 e. The van der Waals surface area contributed by atoms with Crippen molar-refractivity contribution in [1.82, 2.24) is 15.5 Å². The van der Waals surface area contributed by atoms with Crippen molar-refractivity contribution in [3.05, 3.63) is 95.1 Å². The van der Waals surface area contributed by atoms with Crippen LogP contribution < -0.4 is 20.1 Å². The van der Waals surface area contributed by atoms with Crippen LogP contribution in [0.25, 0.3) is 0 Å². The van der Waals surface area contributed by atoms with Crippen LogP contribution in [0, 0.1) is 0 Å². The number of fused-ring (bicyclic) bond motifs is 1. The second kappa shape index (κ2) is 14.2. The number of nitrogens with one attached hydrogen (secondary N) is 2. The van der Waals surface area contributed by atoms with Crippen molar-refractivity contribution >= 4 is 11.8 Å². The highest BCUT2D eigenvalue weighted by atomic mass is 16.5. The van der Waals surface area contributed by atoms with Crippen LogP contribution in [-0.2, 0) is 24.3 Å². The minimum Gasteiger partial charge on any atom is -0.497 e. The van der Waals surface area contributed by atoms with Crippen molar-refractivity contribution < 1.29 is 19.1 Å². The molecule has 0 saturated heterocycles. The molecule has 0 radical (unpaired) electrons. The predicted octanol–water partition coefficient (Wildman–Crippen LogP) is 4.35. The molecule has 38 heavy (non-hydrogen) atoms. The number of amides is 2. The Hall–Kier alpha value is -3.84. The highest BCUT2D eigenvalue weighted by molar-refractivity contribution is 5.96. The number of rotatable bonds is 7. The Kier molecular flexibility index (Phi) is 10.2. The van der Waals surface area contributed by atoms with Crippen molar-refractivity contribution in [2.45, 2.75) is 38.8 Å². The maximum Gasteiger partial charge on any atom is 0.251 e. The third kappa shape index (κ3) is 8.08. The molecule has 2 N–H and O–H groups in total. The van der Waals surface area contributed by atoms with Gasteiger partial charge in [-0.3, -0.25) is 14.5 Å². The van der Waals surface area contributed by atoms with E-state index in [4.69, 9.17) is 9.47 Å². The van der Waals surface area contributed by atoms with E-state index in [2.05, 4.69) is 15.5 Å². The minimum absolute atomic E-state index is 0.0112. The van der Waals surface area contributed by atoms with Gasteiger partial charge < -0.3 is 20.1 Å². The summed E-state index contributed by atoms with van der Waals surface area (Å²) in [5.41, 5.74) is 3.57. The first kappa shape index (κ1) is 27.2. The van der Waals surface area contributed by atoms with Gasteiger partial charge in [-0.05, 0) is 61.1 Å². The number of carbonyl (C=O) groups excluding carboxylic acids is 2. The van der Waals surface area contributed by atoms with Crippen molar-refractivity contribution in [3.8, 4) is 11.5 Å². The Labute approximate surface area is 225 Å². The summed E-state index contributed by atoms with van der Waals surface area (Å²) in [6, 6.07) is 23.5.